The van der Waals surface area contributed by atoms with Crippen molar-refractivity contribution in [1.29, 1.82) is 0 Å². The lowest BCUT2D eigenvalue weighted by Gasteiger charge is -2.00. The smallest absolute Gasteiger partial charge is 0.300 e. The maximum absolute atomic E-state index is 9.00. The molecule has 0 atom stereocenters. The van der Waals surface area contributed by atoms with Crippen LogP contribution in [0.4, 0.5) is 0 Å². The van der Waals surface area contributed by atoms with Gasteiger partial charge in [0, 0.05) is 12.5 Å². The Hall–Kier alpha value is -1.71. The quantitative estimate of drug-likeness (QED) is 0.795. The molecule has 0 unspecified atom stereocenters. The van der Waals surface area contributed by atoms with Crippen LogP contribution in [0.2, 0.25) is 0 Å². The Morgan fingerprint density at radius 3 is 2.21 bits per heavy atom. The summed E-state index contributed by atoms with van der Waals surface area (Å²) >= 11 is 0. The number of carboxylic acid groups (broad SMARTS) is 1. The van der Waals surface area contributed by atoms with Crippen LogP contribution in [0.1, 0.15) is 6.92 Å². The highest BCUT2D eigenvalue weighted by Crippen LogP contribution is 2.50. The second kappa shape index (κ2) is 4.00. The highest BCUT2D eigenvalue weighted by molar-refractivity contribution is 5.91. The predicted octanol–water partition coefficient (Wildman–Crippen LogP) is 1.78. The van der Waals surface area contributed by atoms with Crippen LogP contribution >= 0.6 is 0 Å². The molecule has 0 aromatic rings. The summed E-state index contributed by atoms with van der Waals surface area (Å²) in [6.45, 7) is 1.08. The van der Waals surface area contributed by atoms with Gasteiger partial charge in [-0.05, 0) is 17.7 Å². The Morgan fingerprint density at radius 2 is 1.86 bits per heavy atom. The standard InChI is InChI=1S/C8H8O2.C2H4O2/c1-9-7-4-5-3-6(5)8(7)10-2;1-2(3)4/h3-4H,1-2H3;1H3,(H,3,4). The van der Waals surface area contributed by atoms with Crippen molar-refractivity contribution in [2.45, 2.75) is 6.92 Å². The number of methoxy groups -OCH3 is 2. The van der Waals surface area contributed by atoms with E-state index in [1.54, 1.807) is 14.2 Å². The van der Waals surface area contributed by atoms with E-state index in [0.29, 0.717) is 0 Å². The lowest BCUT2D eigenvalue weighted by Crippen LogP contribution is -1.85. The van der Waals surface area contributed by atoms with Crippen molar-refractivity contribution < 1.29 is 19.4 Å². The van der Waals surface area contributed by atoms with Crippen LogP contribution in [0.15, 0.2) is 12.1 Å². The number of rotatable bonds is 2. The third kappa shape index (κ3) is 2.16. The first-order valence-electron chi connectivity index (χ1n) is 4.06. The topological polar surface area (TPSA) is 55.8 Å². The van der Waals surface area contributed by atoms with Crippen molar-refractivity contribution in [2.75, 3.05) is 14.2 Å². The molecule has 4 heteroatoms. The van der Waals surface area contributed by atoms with Crippen molar-refractivity contribution in [1.82, 2.24) is 0 Å². The number of hydrogen-bond acceptors (Lipinski definition) is 3. The van der Waals surface area contributed by atoms with Gasteiger partial charge in [0.25, 0.3) is 5.97 Å². The molecule has 2 aliphatic rings. The van der Waals surface area contributed by atoms with Crippen LogP contribution in [-0.2, 0) is 4.79 Å². The van der Waals surface area contributed by atoms with Crippen molar-refractivity contribution in [3.63, 3.8) is 0 Å². The Balaban J connectivity index is 0.000000213. The van der Waals surface area contributed by atoms with Gasteiger partial charge in [-0.1, -0.05) is 0 Å². The summed E-state index contributed by atoms with van der Waals surface area (Å²) in [6.07, 6.45) is 0. The molecule has 0 fully saturated rings. The molecule has 0 spiro atoms. The van der Waals surface area contributed by atoms with E-state index < -0.39 is 5.97 Å². The second-order valence-corrected chi connectivity index (χ2v) is 2.78. The molecule has 0 aromatic heterocycles. The van der Waals surface area contributed by atoms with Gasteiger partial charge in [-0.15, -0.1) is 0 Å². The molecular weight excluding hydrogens is 184 g/mol. The van der Waals surface area contributed by atoms with Gasteiger partial charge in [0.05, 0.1) is 14.2 Å². The lowest BCUT2D eigenvalue weighted by atomic mass is 10.5. The third-order valence-corrected chi connectivity index (χ3v) is 1.71. The predicted molar refractivity (Wildman–Crippen MR) is 51.8 cm³/mol. The normalized spacial score (nSPS) is 9.64. The maximum Gasteiger partial charge on any atom is 0.300 e. The summed E-state index contributed by atoms with van der Waals surface area (Å²) < 4.78 is 10.2. The summed E-state index contributed by atoms with van der Waals surface area (Å²) in [4.78, 5) is 9.00. The van der Waals surface area contributed by atoms with Gasteiger partial charge in [-0.25, -0.2) is 0 Å². The lowest BCUT2D eigenvalue weighted by molar-refractivity contribution is -0.134. The van der Waals surface area contributed by atoms with Crippen LogP contribution in [0, 0.1) is 0 Å². The van der Waals surface area contributed by atoms with Crippen LogP contribution in [0.5, 0.6) is 11.5 Å². The van der Waals surface area contributed by atoms with Gasteiger partial charge in [-0.2, -0.15) is 0 Å². The van der Waals surface area contributed by atoms with E-state index in [0.717, 1.165) is 18.4 Å². The van der Waals surface area contributed by atoms with Crippen molar-refractivity contribution in [3.05, 3.63) is 12.1 Å². The van der Waals surface area contributed by atoms with Crippen LogP contribution in [0.25, 0.3) is 11.1 Å². The Morgan fingerprint density at radius 1 is 1.29 bits per heavy atom. The molecule has 0 heterocycles. The largest absolute Gasteiger partial charge is 0.493 e. The number of fused-ring (bicyclic) bond motifs is 1. The maximum atomic E-state index is 9.00. The zero-order chi connectivity index (χ0) is 10.7. The summed E-state index contributed by atoms with van der Waals surface area (Å²) in [5, 5.41) is 7.42. The van der Waals surface area contributed by atoms with Crippen LogP contribution in [-0.4, -0.2) is 25.3 Å². The molecule has 0 amide bonds. The molecule has 14 heavy (non-hydrogen) atoms. The SMILES string of the molecule is CC(=O)O.COc1cc2cc-2c1OC. The summed E-state index contributed by atoms with van der Waals surface area (Å²) in [5.41, 5.74) is 2.44. The number of benzene rings is 1. The minimum absolute atomic E-state index is 0.833. The number of hydrogen-bond donors (Lipinski definition) is 1. The van der Waals surface area contributed by atoms with Gasteiger partial charge in [-0.3, -0.25) is 4.79 Å². The van der Waals surface area contributed by atoms with E-state index in [9.17, 15) is 0 Å². The highest BCUT2D eigenvalue weighted by atomic mass is 16.5. The average molecular weight is 196 g/mol. The van der Waals surface area contributed by atoms with Gasteiger partial charge >= 0.3 is 0 Å². The Kier molecular flexibility index (Phi) is 2.96. The zero-order valence-electron chi connectivity index (χ0n) is 8.33. The third-order valence-electron chi connectivity index (χ3n) is 1.71. The highest BCUT2D eigenvalue weighted by Gasteiger charge is 2.23. The molecule has 0 saturated heterocycles. The fraction of sp³-hybridized carbons (Fsp3) is 0.300. The first-order chi connectivity index (χ1) is 6.60. The number of ether oxygens (including phenoxy) is 2. The second-order valence-electron chi connectivity index (χ2n) is 2.78. The van der Waals surface area contributed by atoms with Crippen molar-refractivity contribution in [2.24, 2.45) is 0 Å². The van der Waals surface area contributed by atoms with Crippen molar-refractivity contribution >= 4 is 5.97 Å². The molecule has 0 saturated carbocycles. The molecule has 76 valence electrons. The first-order valence-corrected chi connectivity index (χ1v) is 4.06. The van der Waals surface area contributed by atoms with E-state index >= 15 is 0 Å². The molecule has 0 radical (unpaired) electrons. The summed E-state index contributed by atoms with van der Waals surface area (Å²) in [6, 6.07) is 4.05. The molecule has 0 bridgehead atoms. The molecule has 2 rings (SSSR count). The van der Waals surface area contributed by atoms with E-state index in [2.05, 4.69) is 6.07 Å². The Labute approximate surface area is 82.1 Å². The average Bonchev–Trinajstić information content (AvgIpc) is 2.77. The van der Waals surface area contributed by atoms with Gasteiger partial charge in [0.15, 0.2) is 11.5 Å². The molecular formula is C10H12O4. The van der Waals surface area contributed by atoms with Gasteiger partial charge < -0.3 is 14.6 Å². The van der Waals surface area contributed by atoms with Crippen molar-refractivity contribution in [3.8, 4) is 22.6 Å². The van der Waals surface area contributed by atoms with Crippen LogP contribution < -0.4 is 9.47 Å². The molecule has 2 aliphatic carbocycles. The minimum Gasteiger partial charge on any atom is -0.493 e. The number of aliphatic carboxylic acids is 1. The molecule has 1 N–H and O–H groups in total. The van der Waals surface area contributed by atoms with E-state index in [1.165, 1.54) is 11.1 Å². The van der Waals surface area contributed by atoms with Gasteiger partial charge in [0.2, 0.25) is 0 Å². The first kappa shape index (κ1) is 10.4. The van der Waals surface area contributed by atoms with E-state index in [4.69, 9.17) is 19.4 Å². The fourth-order valence-corrected chi connectivity index (χ4v) is 1.14. The summed E-state index contributed by atoms with van der Waals surface area (Å²) in [7, 11) is 3.31. The van der Waals surface area contributed by atoms with E-state index in [-0.39, 0.29) is 0 Å². The monoisotopic (exact) mass is 196 g/mol. The Bertz CT molecular complexity index is 353. The molecule has 0 aromatic carbocycles. The molecule has 4 nitrogen and oxygen atoms in total. The molecule has 0 aliphatic heterocycles. The summed E-state index contributed by atoms with van der Waals surface area (Å²) in [5.74, 6) is 0.882. The van der Waals surface area contributed by atoms with Gasteiger partial charge in [0.1, 0.15) is 0 Å². The minimum atomic E-state index is -0.833. The van der Waals surface area contributed by atoms with Crippen LogP contribution in [0.3, 0.4) is 0 Å². The zero-order valence-corrected chi connectivity index (χ0v) is 8.33. The number of carboxylic acids is 1. The fourth-order valence-electron chi connectivity index (χ4n) is 1.14. The number of carbonyl (C=O) groups is 1. The van der Waals surface area contributed by atoms with E-state index in [1.807, 2.05) is 6.07 Å².